The van der Waals surface area contributed by atoms with E-state index in [0.717, 1.165) is 10.9 Å². The quantitative estimate of drug-likeness (QED) is 0.136. The maximum absolute atomic E-state index is 13.8. The van der Waals surface area contributed by atoms with E-state index in [1.54, 1.807) is 44.2 Å². The van der Waals surface area contributed by atoms with E-state index in [0.29, 0.717) is 5.52 Å². The van der Waals surface area contributed by atoms with Crippen LogP contribution in [0.1, 0.15) is 36.3 Å². The average molecular weight is 507 g/mol. The smallest absolute Gasteiger partial charge is 0.270 e. The lowest BCUT2D eigenvalue weighted by Gasteiger charge is -2.35. The standard InChI is InChI=1S/C27H34N6O4/c1-16(2)33(30)26(29)25(36)19(14-17-8-4-3-5-9-17)24(35)22(15-23(28)34)32-27(37)21-13-12-18-10-6-7-11-20(18)31-21/h3-13,16,19,22,25-26,36H,14-15,29-30H2,1-2H3,(H2,28,34)(H,32,37)/t19-,22+,25-,26?/m1/s1. The Kier molecular flexibility index (Phi) is 9.42. The Morgan fingerprint density at radius 1 is 1.00 bits per heavy atom. The highest BCUT2D eigenvalue weighted by atomic mass is 16.3. The predicted octanol–water partition coefficient (Wildman–Crippen LogP) is 0.866. The van der Waals surface area contributed by atoms with Crippen molar-refractivity contribution in [3.8, 4) is 0 Å². The summed E-state index contributed by atoms with van der Waals surface area (Å²) in [5.74, 6) is 2.93. The van der Waals surface area contributed by atoms with Crippen molar-refractivity contribution in [2.24, 2.45) is 23.2 Å². The first kappa shape index (κ1) is 27.9. The second-order valence-corrected chi connectivity index (χ2v) is 9.31. The van der Waals surface area contributed by atoms with Crippen molar-refractivity contribution < 1.29 is 19.5 Å². The fourth-order valence-electron chi connectivity index (χ4n) is 4.12. The fourth-order valence-corrected chi connectivity index (χ4v) is 4.12. The first-order valence-electron chi connectivity index (χ1n) is 12.1. The van der Waals surface area contributed by atoms with E-state index in [2.05, 4.69) is 10.3 Å². The minimum Gasteiger partial charge on any atom is -0.389 e. The zero-order valence-electron chi connectivity index (χ0n) is 21.0. The number of nitrogens with zero attached hydrogens (tertiary/aromatic N) is 2. The van der Waals surface area contributed by atoms with Gasteiger partial charge >= 0.3 is 0 Å². The Hall–Kier alpha value is -3.70. The lowest BCUT2D eigenvalue weighted by molar-refractivity contribution is -0.133. The number of ketones is 1. The van der Waals surface area contributed by atoms with Crippen LogP contribution in [0.3, 0.4) is 0 Å². The zero-order valence-corrected chi connectivity index (χ0v) is 21.0. The topological polar surface area (TPSA) is 178 Å². The third-order valence-corrected chi connectivity index (χ3v) is 6.25. The monoisotopic (exact) mass is 506 g/mol. The number of para-hydroxylation sites is 1. The van der Waals surface area contributed by atoms with Gasteiger partial charge in [0.25, 0.3) is 5.91 Å². The van der Waals surface area contributed by atoms with E-state index in [1.807, 2.05) is 30.3 Å². The Balaban J connectivity index is 1.91. The molecule has 1 aromatic heterocycles. The SMILES string of the molecule is CC(C)N(N)C(N)[C@H](O)[C@H](Cc1ccccc1)C(=O)[C@H](CC(N)=O)NC(=O)c1ccc2ccccc2n1. The number of aliphatic hydroxyl groups is 1. The van der Waals surface area contributed by atoms with Gasteiger partial charge in [-0.3, -0.25) is 20.2 Å². The van der Waals surface area contributed by atoms with E-state index in [1.165, 1.54) is 11.1 Å². The molecule has 8 N–H and O–H groups in total. The first-order valence-corrected chi connectivity index (χ1v) is 12.1. The number of benzene rings is 2. The van der Waals surface area contributed by atoms with Gasteiger partial charge in [-0.15, -0.1) is 0 Å². The molecule has 196 valence electrons. The number of aliphatic hydroxyl groups excluding tert-OH is 1. The van der Waals surface area contributed by atoms with Gasteiger partial charge in [0.2, 0.25) is 5.91 Å². The molecule has 1 unspecified atom stereocenters. The Morgan fingerprint density at radius 3 is 2.30 bits per heavy atom. The average Bonchev–Trinajstić information content (AvgIpc) is 2.89. The molecule has 3 aromatic rings. The van der Waals surface area contributed by atoms with Gasteiger partial charge in [-0.25, -0.2) is 9.99 Å². The number of nitrogens with two attached hydrogens (primary N) is 3. The number of rotatable bonds is 12. The highest BCUT2D eigenvalue weighted by molar-refractivity contribution is 6.00. The number of primary amides is 1. The van der Waals surface area contributed by atoms with E-state index in [9.17, 15) is 19.5 Å². The van der Waals surface area contributed by atoms with Gasteiger partial charge < -0.3 is 21.9 Å². The van der Waals surface area contributed by atoms with Crippen molar-refractivity contribution in [1.82, 2.24) is 15.3 Å². The number of amides is 2. The van der Waals surface area contributed by atoms with E-state index in [4.69, 9.17) is 17.3 Å². The number of aromatic nitrogens is 1. The third-order valence-electron chi connectivity index (χ3n) is 6.25. The number of fused-ring (bicyclic) bond motifs is 1. The molecular formula is C27H34N6O4. The molecule has 1 heterocycles. The van der Waals surface area contributed by atoms with Crippen LogP contribution in [0.15, 0.2) is 66.7 Å². The molecule has 0 radical (unpaired) electrons. The minimum absolute atomic E-state index is 0.0748. The number of carbonyl (C=O) groups excluding carboxylic acids is 3. The fraction of sp³-hybridized carbons (Fsp3) is 0.333. The molecule has 37 heavy (non-hydrogen) atoms. The second-order valence-electron chi connectivity index (χ2n) is 9.31. The normalized spacial score (nSPS) is 14.8. The van der Waals surface area contributed by atoms with Crippen LogP contribution in [0.25, 0.3) is 10.9 Å². The van der Waals surface area contributed by atoms with Crippen LogP contribution in [-0.2, 0) is 16.0 Å². The summed E-state index contributed by atoms with van der Waals surface area (Å²) in [5.41, 5.74) is 13.1. The van der Waals surface area contributed by atoms with E-state index >= 15 is 0 Å². The van der Waals surface area contributed by atoms with Crippen LogP contribution in [0.2, 0.25) is 0 Å². The molecule has 0 aliphatic heterocycles. The summed E-state index contributed by atoms with van der Waals surface area (Å²) in [6, 6.07) is 18.1. The molecule has 0 aliphatic rings. The van der Waals surface area contributed by atoms with Gasteiger partial charge in [-0.05, 0) is 38.0 Å². The van der Waals surface area contributed by atoms with Crippen molar-refractivity contribution in [2.45, 2.75) is 51.0 Å². The van der Waals surface area contributed by atoms with Gasteiger partial charge in [-0.1, -0.05) is 54.6 Å². The highest BCUT2D eigenvalue weighted by Gasteiger charge is 2.38. The first-order chi connectivity index (χ1) is 17.6. The number of Topliss-reactive ketones (excluding diaryl/α,β-unsaturated/α-hetero) is 1. The van der Waals surface area contributed by atoms with Crippen LogP contribution in [0, 0.1) is 5.92 Å². The molecule has 0 saturated carbocycles. The zero-order chi connectivity index (χ0) is 27.1. The maximum Gasteiger partial charge on any atom is 0.270 e. The van der Waals surface area contributed by atoms with Gasteiger partial charge in [0.1, 0.15) is 5.69 Å². The number of nitrogens with one attached hydrogen (secondary N) is 1. The summed E-state index contributed by atoms with van der Waals surface area (Å²) in [7, 11) is 0. The number of pyridine rings is 1. The molecule has 0 aliphatic carbocycles. The minimum atomic E-state index is -1.40. The van der Waals surface area contributed by atoms with Crippen molar-refractivity contribution in [3.05, 3.63) is 78.0 Å². The van der Waals surface area contributed by atoms with Crippen LogP contribution >= 0.6 is 0 Å². The molecule has 4 atom stereocenters. The maximum atomic E-state index is 13.8. The largest absolute Gasteiger partial charge is 0.389 e. The molecule has 0 bridgehead atoms. The Bertz CT molecular complexity index is 1240. The van der Waals surface area contributed by atoms with Crippen LogP contribution in [-0.4, -0.2) is 57.1 Å². The number of carbonyl (C=O) groups is 3. The van der Waals surface area contributed by atoms with Gasteiger partial charge in [0.15, 0.2) is 5.78 Å². The summed E-state index contributed by atoms with van der Waals surface area (Å²) in [4.78, 5) is 43.1. The Morgan fingerprint density at radius 2 is 1.65 bits per heavy atom. The molecule has 10 heteroatoms. The summed E-state index contributed by atoms with van der Waals surface area (Å²) < 4.78 is 0. The van der Waals surface area contributed by atoms with Crippen molar-refractivity contribution in [2.75, 3.05) is 0 Å². The van der Waals surface area contributed by atoms with Gasteiger partial charge in [0.05, 0.1) is 36.2 Å². The van der Waals surface area contributed by atoms with Crippen molar-refractivity contribution in [1.29, 1.82) is 0 Å². The second kappa shape index (κ2) is 12.5. The molecule has 2 amide bonds. The molecule has 0 fully saturated rings. The van der Waals surface area contributed by atoms with Crippen molar-refractivity contribution in [3.63, 3.8) is 0 Å². The lowest BCUT2D eigenvalue weighted by Crippen LogP contribution is -2.60. The molecule has 2 aromatic carbocycles. The van der Waals surface area contributed by atoms with E-state index < -0.39 is 48.2 Å². The van der Waals surface area contributed by atoms with Crippen molar-refractivity contribution >= 4 is 28.5 Å². The molecule has 3 rings (SSSR count). The third kappa shape index (κ3) is 7.17. The molecule has 0 saturated heterocycles. The van der Waals surface area contributed by atoms with Crippen LogP contribution in [0.4, 0.5) is 0 Å². The number of hydrogen-bond acceptors (Lipinski definition) is 8. The summed E-state index contributed by atoms with van der Waals surface area (Å²) >= 11 is 0. The number of hydrazine groups is 1. The van der Waals surface area contributed by atoms with Gasteiger partial charge in [0, 0.05) is 11.4 Å². The van der Waals surface area contributed by atoms with Gasteiger partial charge in [-0.2, -0.15) is 0 Å². The summed E-state index contributed by atoms with van der Waals surface area (Å²) in [6.45, 7) is 3.60. The highest BCUT2D eigenvalue weighted by Crippen LogP contribution is 2.21. The summed E-state index contributed by atoms with van der Waals surface area (Å²) in [6.07, 6.45) is -2.82. The van der Waals surface area contributed by atoms with Crippen LogP contribution < -0.4 is 22.6 Å². The predicted molar refractivity (Wildman–Crippen MR) is 141 cm³/mol. The number of hydrogen-bond donors (Lipinski definition) is 5. The summed E-state index contributed by atoms with van der Waals surface area (Å²) in [5, 5.41) is 15.9. The van der Waals surface area contributed by atoms with Crippen LogP contribution in [0.5, 0.6) is 0 Å². The lowest BCUT2D eigenvalue weighted by atomic mass is 9.84. The Labute approximate surface area is 215 Å². The molecule has 0 spiro atoms. The molecular weight excluding hydrogens is 472 g/mol. The van der Waals surface area contributed by atoms with E-state index in [-0.39, 0.29) is 18.2 Å². The molecule has 10 nitrogen and oxygen atoms in total.